The number of nitriles is 1. The maximum Gasteiger partial charge on any atom is 0.166 e. The normalized spacial score (nSPS) is 10.4. The fourth-order valence-electron chi connectivity index (χ4n) is 1.15. The second-order valence-corrected chi connectivity index (χ2v) is 4.24. The Hall–Kier alpha value is -0.760. The van der Waals surface area contributed by atoms with Crippen LogP contribution in [0.15, 0.2) is 16.7 Å². The number of imidazole rings is 1. The van der Waals surface area contributed by atoms with Gasteiger partial charge in [-0.2, -0.15) is 5.26 Å². The topological polar surface area (TPSA) is 41.1 Å². The van der Waals surface area contributed by atoms with E-state index in [1.165, 1.54) is 0 Å². The number of hydrogen-bond donors (Lipinski definition) is 0. The molecular weight excluding hydrogens is 289 g/mol. The Kier molecular flexibility index (Phi) is 2.40. The van der Waals surface area contributed by atoms with Gasteiger partial charge in [0.15, 0.2) is 16.5 Å². The van der Waals surface area contributed by atoms with Crippen LogP contribution in [0, 0.1) is 11.3 Å². The molecule has 14 heavy (non-hydrogen) atoms. The summed E-state index contributed by atoms with van der Waals surface area (Å²) in [5, 5.41) is 9.44. The molecule has 0 saturated heterocycles. The fraction of sp³-hybridized carbons (Fsp3) is 0. The van der Waals surface area contributed by atoms with Crippen molar-refractivity contribution in [2.75, 3.05) is 0 Å². The minimum absolute atomic E-state index is 0.160. The molecule has 0 unspecified atom stereocenters. The molecule has 2 aromatic heterocycles. The Labute approximate surface area is 98.0 Å². The highest BCUT2D eigenvalue weighted by atomic mass is 79.9. The van der Waals surface area contributed by atoms with Crippen molar-refractivity contribution in [3.05, 3.63) is 32.6 Å². The first-order valence-electron chi connectivity index (χ1n) is 3.56. The van der Waals surface area contributed by atoms with Gasteiger partial charge < -0.3 is 0 Å². The monoisotopic (exact) mass is 289 g/mol. The summed E-state index contributed by atoms with van der Waals surface area (Å²) < 4.78 is 2.31. The summed E-state index contributed by atoms with van der Waals surface area (Å²) in [5.74, 6) is 0. The molecule has 2 aromatic rings. The van der Waals surface area contributed by atoms with Crippen LogP contribution in [0.2, 0.25) is 10.2 Å². The van der Waals surface area contributed by atoms with Crippen molar-refractivity contribution in [3.8, 4) is 6.07 Å². The molecule has 0 aliphatic heterocycles. The van der Waals surface area contributed by atoms with Crippen LogP contribution in [-0.4, -0.2) is 9.38 Å². The lowest BCUT2D eigenvalue weighted by molar-refractivity contribution is 1.14. The summed E-state index contributed by atoms with van der Waals surface area (Å²) in [6.45, 7) is 0. The zero-order chi connectivity index (χ0) is 10.3. The highest BCUT2D eigenvalue weighted by molar-refractivity contribution is 9.10. The van der Waals surface area contributed by atoms with Gasteiger partial charge in [-0.3, -0.25) is 4.40 Å². The van der Waals surface area contributed by atoms with Gasteiger partial charge in [-0.15, -0.1) is 0 Å². The number of nitrogens with zero attached hydrogens (tertiary/aromatic N) is 3. The highest BCUT2D eigenvalue weighted by Gasteiger charge is 2.12. The van der Waals surface area contributed by atoms with Crippen LogP contribution in [0.25, 0.3) is 5.65 Å². The van der Waals surface area contributed by atoms with E-state index in [0.29, 0.717) is 10.7 Å². The van der Waals surface area contributed by atoms with Crippen LogP contribution in [-0.2, 0) is 0 Å². The van der Waals surface area contributed by atoms with Crippen LogP contribution in [0.5, 0.6) is 0 Å². The van der Waals surface area contributed by atoms with Crippen molar-refractivity contribution < 1.29 is 0 Å². The summed E-state index contributed by atoms with van der Waals surface area (Å²) >= 11 is 15.0. The standard InChI is InChI=1S/C8H2BrCl2N3/c9-4-1-5(10)8-13-7(11)6(2-12)14(8)3-4/h1,3H. The van der Waals surface area contributed by atoms with E-state index in [4.69, 9.17) is 28.5 Å². The molecule has 6 heteroatoms. The van der Waals surface area contributed by atoms with Crippen molar-refractivity contribution in [2.45, 2.75) is 0 Å². The molecule has 0 fully saturated rings. The summed E-state index contributed by atoms with van der Waals surface area (Å²) in [4.78, 5) is 3.98. The van der Waals surface area contributed by atoms with E-state index >= 15 is 0 Å². The zero-order valence-electron chi connectivity index (χ0n) is 6.63. The first kappa shape index (κ1) is 9.78. The van der Waals surface area contributed by atoms with E-state index in [-0.39, 0.29) is 10.8 Å². The Morgan fingerprint density at radius 1 is 1.50 bits per heavy atom. The molecule has 0 amide bonds. The van der Waals surface area contributed by atoms with E-state index in [0.717, 1.165) is 4.47 Å². The van der Waals surface area contributed by atoms with Gasteiger partial charge in [0, 0.05) is 10.7 Å². The average Bonchev–Trinajstić information content (AvgIpc) is 2.41. The third-order valence-corrected chi connectivity index (χ3v) is 2.68. The van der Waals surface area contributed by atoms with Crippen molar-refractivity contribution in [1.82, 2.24) is 9.38 Å². The number of aromatic nitrogens is 2. The summed E-state index contributed by atoms with van der Waals surface area (Å²) in [5.41, 5.74) is 0.765. The van der Waals surface area contributed by atoms with E-state index < -0.39 is 0 Å². The zero-order valence-corrected chi connectivity index (χ0v) is 9.73. The Bertz CT molecular complexity index is 556. The van der Waals surface area contributed by atoms with Crippen molar-refractivity contribution in [3.63, 3.8) is 0 Å². The largest absolute Gasteiger partial charge is 0.288 e. The average molecular weight is 291 g/mol. The number of pyridine rings is 1. The quantitative estimate of drug-likeness (QED) is 0.747. The van der Waals surface area contributed by atoms with Crippen LogP contribution >= 0.6 is 39.1 Å². The van der Waals surface area contributed by atoms with E-state index in [1.54, 1.807) is 16.7 Å². The maximum atomic E-state index is 8.83. The molecule has 0 aliphatic rings. The predicted molar refractivity (Wildman–Crippen MR) is 57.6 cm³/mol. The fourth-order valence-corrected chi connectivity index (χ4v) is 2.18. The van der Waals surface area contributed by atoms with Crippen molar-refractivity contribution >= 4 is 44.8 Å². The second kappa shape index (κ2) is 3.43. The first-order valence-corrected chi connectivity index (χ1v) is 5.11. The molecule has 3 nitrogen and oxygen atoms in total. The number of hydrogen-bond acceptors (Lipinski definition) is 2. The molecule has 0 spiro atoms. The molecule has 0 N–H and O–H groups in total. The van der Waals surface area contributed by atoms with Crippen molar-refractivity contribution in [1.29, 1.82) is 5.26 Å². The van der Waals surface area contributed by atoms with Gasteiger partial charge in [-0.1, -0.05) is 23.2 Å². The van der Waals surface area contributed by atoms with Crippen LogP contribution in [0.4, 0.5) is 0 Å². The van der Waals surface area contributed by atoms with Gasteiger partial charge in [0.25, 0.3) is 0 Å². The molecule has 0 bridgehead atoms. The molecule has 0 saturated carbocycles. The van der Waals surface area contributed by atoms with E-state index in [2.05, 4.69) is 20.9 Å². The second-order valence-electron chi connectivity index (χ2n) is 2.56. The minimum Gasteiger partial charge on any atom is -0.288 e. The molecule has 70 valence electrons. The third kappa shape index (κ3) is 1.38. The number of rotatable bonds is 0. The minimum atomic E-state index is 0.160. The lowest BCUT2D eigenvalue weighted by Gasteiger charge is -1.97. The number of fused-ring (bicyclic) bond motifs is 1. The third-order valence-electron chi connectivity index (χ3n) is 1.71. The molecule has 2 rings (SSSR count). The number of halogens is 3. The van der Waals surface area contributed by atoms with Gasteiger partial charge in [0.2, 0.25) is 0 Å². The first-order chi connectivity index (χ1) is 6.63. The molecule has 2 heterocycles. The molecular formula is C8H2BrCl2N3. The van der Waals surface area contributed by atoms with E-state index in [9.17, 15) is 0 Å². The molecule has 0 atom stereocenters. The van der Waals surface area contributed by atoms with E-state index in [1.807, 2.05) is 6.07 Å². The van der Waals surface area contributed by atoms with Crippen LogP contribution < -0.4 is 0 Å². The van der Waals surface area contributed by atoms with Gasteiger partial charge in [-0.25, -0.2) is 4.98 Å². The summed E-state index contributed by atoms with van der Waals surface area (Å²) in [7, 11) is 0. The Morgan fingerprint density at radius 3 is 2.86 bits per heavy atom. The van der Waals surface area contributed by atoms with Gasteiger partial charge in [-0.05, 0) is 22.0 Å². The Morgan fingerprint density at radius 2 is 2.21 bits per heavy atom. The summed E-state index contributed by atoms with van der Waals surface area (Å²) in [6.07, 6.45) is 1.69. The SMILES string of the molecule is N#Cc1c(Cl)nc2c(Cl)cc(Br)cn12. The molecule has 0 radical (unpaired) electrons. The summed E-state index contributed by atoms with van der Waals surface area (Å²) in [6, 6.07) is 3.66. The maximum absolute atomic E-state index is 8.83. The molecule has 0 aliphatic carbocycles. The lowest BCUT2D eigenvalue weighted by Crippen LogP contribution is -1.88. The molecule has 0 aromatic carbocycles. The van der Waals surface area contributed by atoms with Gasteiger partial charge >= 0.3 is 0 Å². The van der Waals surface area contributed by atoms with Gasteiger partial charge in [0.1, 0.15) is 6.07 Å². The predicted octanol–water partition coefficient (Wildman–Crippen LogP) is 3.28. The van der Waals surface area contributed by atoms with Crippen LogP contribution in [0.3, 0.4) is 0 Å². The van der Waals surface area contributed by atoms with Crippen LogP contribution in [0.1, 0.15) is 5.69 Å². The highest BCUT2D eigenvalue weighted by Crippen LogP contribution is 2.26. The van der Waals surface area contributed by atoms with Crippen molar-refractivity contribution in [2.24, 2.45) is 0 Å². The van der Waals surface area contributed by atoms with Gasteiger partial charge in [0.05, 0.1) is 5.02 Å². The lowest BCUT2D eigenvalue weighted by atomic mass is 10.4. The smallest absolute Gasteiger partial charge is 0.166 e. The Balaban J connectivity index is 2.97.